The fourth-order valence-corrected chi connectivity index (χ4v) is 2.44. The molecule has 2 aromatic heterocycles. The Balaban J connectivity index is 2.29. The third kappa shape index (κ3) is 1.96. The average Bonchev–Trinajstić information content (AvgIpc) is 2.81. The van der Waals surface area contributed by atoms with Crippen LogP contribution in [0, 0.1) is 25.2 Å². The molecule has 3 aromatic rings. The zero-order valence-corrected chi connectivity index (χ0v) is 11.6. The van der Waals surface area contributed by atoms with Crippen LogP contribution in [-0.4, -0.2) is 9.38 Å². The second-order valence-corrected chi connectivity index (χ2v) is 4.99. The summed E-state index contributed by atoms with van der Waals surface area (Å²) in [5.41, 5.74) is 6.17. The van der Waals surface area contributed by atoms with Gasteiger partial charge in [0.05, 0.1) is 23.9 Å². The molecule has 0 N–H and O–H groups in total. The maximum atomic E-state index is 9.09. The van der Waals surface area contributed by atoms with Crippen LogP contribution in [0.3, 0.4) is 0 Å². The molecule has 1 aromatic carbocycles. The number of pyridine rings is 1. The fraction of sp³-hybridized carbons (Fsp3) is 0.176. The van der Waals surface area contributed by atoms with E-state index < -0.39 is 0 Å². The quantitative estimate of drug-likeness (QED) is 0.706. The number of aryl methyl sites for hydroxylation is 2. The molecule has 2 heterocycles. The number of fused-ring (bicyclic) bond motifs is 1. The van der Waals surface area contributed by atoms with Crippen LogP contribution >= 0.6 is 0 Å². The molecule has 0 aliphatic rings. The van der Waals surface area contributed by atoms with Gasteiger partial charge in [-0.05, 0) is 25.5 Å². The highest BCUT2D eigenvalue weighted by Crippen LogP contribution is 2.26. The molecule has 0 radical (unpaired) electrons. The predicted molar refractivity (Wildman–Crippen MR) is 79.4 cm³/mol. The third-order valence-electron chi connectivity index (χ3n) is 3.52. The van der Waals surface area contributed by atoms with E-state index in [1.165, 1.54) is 5.56 Å². The van der Waals surface area contributed by atoms with Crippen LogP contribution in [0.2, 0.25) is 0 Å². The molecule has 3 nitrogen and oxygen atoms in total. The molecule has 0 amide bonds. The van der Waals surface area contributed by atoms with Gasteiger partial charge < -0.3 is 4.40 Å². The number of imidazole rings is 1. The van der Waals surface area contributed by atoms with Gasteiger partial charge in [-0.25, -0.2) is 4.98 Å². The summed E-state index contributed by atoms with van der Waals surface area (Å²) in [6, 6.07) is 14.5. The molecule has 0 aliphatic heterocycles. The number of nitrogens with zero attached hydrogens (tertiary/aromatic N) is 3. The van der Waals surface area contributed by atoms with E-state index in [2.05, 4.69) is 37.3 Å². The van der Waals surface area contributed by atoms with Crippen molar-refractivity contribution in [2.75, 3.05) is 0 Å². The van der Waals surface area contributed by atoms with Crippen molar-refractivity contribution < 1.29 is 0 Å². The first-order chi connectivity index (χ1) is 9.70. The molecule has 0 saturated carbocycles. The van der Waals surface area contributed by atoms with Gasteiger partial charge in [0.1, 0.15) is 5.65 Å². The number of nitriles is 1. The van der Waals surface area contributed by atoms with Crippen LogP contribution in [0.15, 0.2) is 42.6 Å². The number of hydrogen-bond acceptors (Lipinski definition) is 2. The van der Waals surface area contributed by atoms with Crippen molar-refractivity contribution in [1.29, 1.82) is 5.26 Å². The van der Waals surface area contributed by atoms with Gasteiger partial charge in [0, 0.05) is 11.8 Å². The topological polar surface area (TPSA) is 41.1 Å². The van der Waals surface area contributed by atoms with Gasteiger partial charge in [0.2, 0.25) is 0 Å². The molecule has 3 rings (SSSR count). The Morgan fingerprint density at radius 1 is 1.15 bits per heavy atom. The van der Waals surface area contributed by atoms with Crippen molar-refractivity contribution in [1.82, 2.24) is 9.38 Å². The Hall–Kier alpha value is -2.60. The van der Waals surface area contributed by atoms with E-state index in [0.717, 1.165) is 28.2 Å². The van der Waals surface area contributed by atoms with E-state index in [4.69, 9.17) is 10.2 Å². The van der Waals surface area contributed by atoms with E-state index in [9.17, 15) is 0 Å². The van der Waals surface area contributed by atoms with Crippen molar-refractivity contribution in [3.63, 3.8) is 0 Å². The zero-order chi connectivity index (χ0) is 14.1. The van der Waals surface area contributed by atoms with Crippen molar-refractivity contribution in [3.8, 4) is 17.3 Å². The Morgan fingerprint density at radius 2 is 1.90 bits per heavy atom. The highest BCUT2D eigenvalue weighted by Gasteiger charge is 2.14. The first-order valence-electron chi connectivity index (χ1n) is 6.61. The maximum absolute atomic E-state index is 9.09. The van der Waals surface area contributed by atoms with Crippen LogP contribution in [0.1, 0.15) is 16.8 Å². The molecule has 20 heavy (non-hydrogen) atoms. The molecule has 0 saturated heterocycles. The van der Waals surface area contributed by atoms with Crippen LogP contribution in [0.4, 0.5) is 0 Å². The average molecular weight is 261 g/mol. The summed E-state index contributed by atoms with van der Waals surface area (Å²) in [7, 11) is 0. The van der Waals surface area contributed by atoms with Gasteiger partial charge >= 0.3 is 0 Å². The van der Waals surface area contributed by atoms with Gasteiger partial charge in [0.15, 0.2) is 0 Å². The summed E-state index contributed by atoms with van der Waals surface area (Å²) in [5, 5.41) is 9.09. The normalized spacial score (nSPS) is 10.7. The fourth-order valence-electron chi connectivity index (χ4n) is 2.44. The molecule has 98 valence electrons. The van der Waals surface area contributed by atoms with E-state index in [0.29, 0.717) is 6.42 Å². The van der Waals surface area contributed by atoms with Crippen molar-refractivity contribution in [2.24, 2.45) is 0 Å². The standard InChI is InChI=1S/C17H15N3/c1-12-5-7-14(8-6-12)16-15(9-10-18)20-11-3-4-13(2)17(20)19-16/h3-8,11H,9H2,1-2H3. The summed E-state index contributed by atoms with van der Waals surface area (Å²) in [6.07, 6.45) is 2.33. The number of rotatable bonds is 2. The Labute approximate surface area is 118 Å². The first kappa shape index (κ1) is 12.4. The van der Waals surface area contributed by atoms with Crippen LogP contribution < -0.4 is 0 Å². The number of aromatic nitrogens is 2. The smallest absolute Gasteiger partial charge is 0.140 e. The lowest BCUT2D eigenvalue weighted by molar-refractivity contribution is 1.05. The van der Waals surface area contributed by atoms with Gasteiger partial charge in [-0.3, -0.25) is 0 Å². The van der Waals surface area contributed by atoms with E-state index >= 15 is 0 Å². The van der Waals surface area contributed by atoms with E-state index in [1.54, 1.807) is 0 Å². The van der Waals surface area contributed by atoms with E-state index in [1.807, 2.05) is 29.7 Å². The van der Waals surface area contributed by atoms with Crippen LogP contribution in [0.25, 0.3) is 16.9 Å². The first-order valence-corrected chi connectivity index (χ1v) is 6.61. The van der Waals surface area contributed by atoms with Gasteiger partial charge in [-0.1, -0.05) is 35.9 Å². The lowest BCUT2D eigenvalue weighted by atomic mass is 10.1. The Morgan fingerprint density at radius 3 is 2.60 bits per heavy atom. The molecular weight excluding hydrogens is 246 g/mol. The minimum Gasteiger partial charge on any atom is -0.302 e. The largest absolute Gasteiger partial charge is 0.302 e. The molecule has 3 heteroatoms. The maximum Gasteiger partial charge on any atom is 0.140 e. The van der Waals surface area contributed by atoms with Crippen molar-refractivity contribution in [2.45, 2.75) is 20.3 Å². The van der Waals surface area contributed by atoms with Gasteiger partial charge in [-0.2, -0.15) is 5.26 Å². The van der Waals surface area contributed by atoms with Gasteiger partial charge in [-0.15, -0.1) is 0 Å². The van der Waals surface area contributed by atoms with E-state index in [-0.39, 0.29) is 0 Å². The highest BCUT2D eigenvalue weighted by atomic mass is 15.0. The molecule has 0 bridgehead atoms. The molecule has 0 spiro atoms. The summed E-state index contributed by atoms with van der Waals surface area (Å²) in [4.78, 5) is 4.74. The summed E-state index contributed by atoms with van der Waals surface area (Å²) >= 11 is 0. The predicted octanol–water partition coefficient (Wildman–Crippen LogP) is 3.68. The third-order valence-corrected chi connectivity index (χ3v) is 3.52. The zero-order valence-electron chi connectivity index (χ0n) is 11.6. The van der Waals surface area contributed by atoms with Gasteiger partial charge in [0.25, 0.3) is 0 Å². The van der Waals surface area contributed by atoms with Crippen LogP contribution in [0.5, 0.6) is 0 Å². The summed E-state index contributed by atoms with van der Waals surface area (Å²) in [5.74, 6) is 0. The molecule has 0 aliphatic carbocycles. The molecule has 0 unspecified atom stereocenters. The van der Waals surface area contributed by atoms with Crippen molar-refractivity contribution in [3.05, 3.63) is 59.4 Å². The second-order valence-electron chi connectivity index (χ2n) is 4.99. The van der Waals surface area contributed by atoms with Crippen LogP contribution in [-0.2, 0) is 6.42 Å². The monoisotopic (exact) mass is 261 g/mol. The number of hydrogen-bond donors (Lipinski definition) is 0. The number of benzene rings is 1. The minimum atomic E-state index is 0.355. The second kappa shape index (κ2) is 4.82. The Kier molecular flexibility index (Phi) is 3.00. The molecule has 0 fully saturated rings. The SMILES string of the molecule is Cc1ccc(-c2nc3c(C)cccn3c2CC#N)cc1. The van der Waals surface area contributed by atoms with Crippen molar-refractivity contribution >= 4 is 5.65 Å². The summed E-state index contributed by atoms with van der Waals surface area (Å²) < 4.78 is 2.02. The Bertz CT molecular complexity index is 805. The highest BCUT2D eigenvalue weighted by molar-refractivity contribution is 5.68. The minimum absolute atomic E-state index is 0.355. The summed E-state index contributed by atoms with van der Waals surface area (Å²) in [6.45, 7) is 4.10. The lowest BCUT2D eigenvalue weighted by Crippen LogP contribution is -1.94. The molecular formula is C17H15N3. The molecule has 0 atom stereocenters. The lowest BCUT2D eigenvalue weighted by Gasteiger charge is -2.02.